The first-order valence-corrected chi connectivity index (χ1v) is 8.70. The third-order valence-electron chi connectivity index (χ3n) is 4.69. The van der Waals surface area contributed by atoms with Crippen LogP contribution in [-0.4, -0.2) is 53.4 Å². The van der Waals surface area contributed by atoms with Crippen LogP contribution >= 0.6 is 11.6 Å². The summed E-state index contributed by atoms with van der Waals surface area (Å²) in [5.74, 6) is 2.53. The van der Waals surface area contributed by atoms with Gasteiger partial charge in [-0.2, -0.15) is 5.10 Å². The van der Waals surface area contributed by atoms with E-state index < -0.39 is 30.6 Å². The zero-order valence-corrected chi connectivity index (χ0v) is 15.1. The number of hydrogen-bond donors (Lipinski definition) is 4. The van der Waals surface area contributed by atoms with Crippen LogP contribution in [0.25, 0.3) is 11.0 Å². The van der Waals surface area contributed by atoms with Crippen LogP contribution in [0, 0.1) is 12.3 Å². The van der Waals surface area contributed by atoms with Crippen molar-refractivity contribution in [3.8, 4) is 12.3 Å². The molecule has 0 amide bonds. The lowest BCUT2D eigenvalue weighted by molar-refractivity contribution is -0.0884. The van der Waals surface area contributed by atoms with Crippen molar-refractivity contribution in [2.75, 3.05) is 5.73 Å². The fraction of sp³-hybridized carbons (Fsp3) is 0.278. The lowest BCUT2D eigenvalue weighted by Gasteiger charge is -2.21. The smallest absolute Gasteiger partial charge is 0.181 e. The lowest BCUT2D eigenvalue weighted by Crippen LogP contribution is -2.35. The van der Waals surface area contributed by atoms with Crippen molar-refractivity contribution in [1.29, 1.82) is 0 Å². The maximum Gasteiger partial charge on any atom is 0.181 e. The van der Waals surface area contributed by atoms with E-state index in [2.05, 4.69) is 21.0 Å². The van der Waals surface area contributed by atoms with E-state index in [1.807, 2.05) is 0 Å². The quantitative estimate of drug-likeness (QED) is 0.462. The van der Waals surface area contributed by atoms with Crippen LogP contribution in [0.5, 0.6) is 0 Å². The van der Waals surface area contributed by atoms with Crippen LogP contribution in [0.1, 0.15) is 23.6 Å². The molecule has 0 spiro atoms. The molecular weight excluding hydrogens is 386 g/mol. The van der Waals surface area contributed by atoms with E-state index in [1.54, 1.807) is 24.3 Å². The number of nitrogens with zero attached hydrogens (tertiary/aromatic N) is 4. The van der Waals surface area contributed by atoms with Crippen LogP contribution in [0.2, 0.25) is 5.02 Å². The number of nitrogen functional groups attached to an aromatic ring is 1. The fourth-order valence-corrected chi connectivity index (χ4v) is 3.40. The summed E-state index contributed by atoms with van der Waals surface area (Å²) in [5.41, 5.74) is 6.77. The number of benzene rings is 1. The van der Waals surface area contributed by atoms with E-state index in [0.29, 0.717) is 16.0 Å². The topological polar surface area (TPSA) is 140 Å². The Morgan fingerprint density at radius 1 is 1.21 bits per heavy atom. The number of anilines is 1. The van der Waals surface area contributed by atoms with Crippen molar-refractivity contribution in [3.05, 3.63) is 46.9 Å². The lowest BCUT2D eigenvalue weighted by atomic mass is 9.99. The summed E-state index contributed by atoms with van der Waals surface area (Å²) < 4.78 is 7.01. The zero-order chi connectivity index (χ0) is 20.0. The number of hydrogen-bond acceptors (Lipinski definition) is 8. The van der Waals surface area contributed by atoms with Crippen molar-refractivity contribution >= 4 is 28.5 Å². The Kier molecular flexibility index (Phi) is 4.66. The molecular formula is C18H16ClN5O4. The molecule has 0 saturated carbocycles. The minimum absolute atomic E-state index is 0.134. The Bertz CT molecular complexity index is 1060. The number of terminal acetylenes is 1. The number of ether oxygens (including phenoxy) is 1. The van der Waals surface area contributed by atoms with E-state index in [-0.39, 0.29) is 17.2 Å². The van der Waals surface area contributed by atoms with Gasteiger partial charge in [-0.3, -0.25) is 0 Å². The Morgan fingerprint density at radius 2 is 1.93 bits per heavy atom. The monoisotopic (exact) mass is 401 g/mol. The van der Waals surface area contributed by atoms with Gasteiger partial charge in [-0.15, -0.1) is 6.42 Å². The normalized spacial score (nSPS) is 25.7. The molecule has 0 bridgehead atoms. The number of halogens is 1. The summed E-state index contributed by atoms with van der Waals surface area (Å²) in [5, 5.41) is 36.7. The highest BCUT2D eigenvalue weighted by molar-refractivity contribution is 6.30. The molecule has 1 aliphatic heterocycles. The molecule has 9 nitrogen and oxygen atoms in total. The second kappa shape index (κ2) is 7.01. The minimum atomic E-state index is -1.39. The Balaban J connectivity index is 1.71. The van der Waals surface area contributed by atoms with Crippen molar-refractivity contribution in [3.63, 3.8) is 0 Å². The maximum atomic E-state index is 10.6. The summed E-state index contributed by atoms with van der Waals surface area (Å²) in [6.45, 7) is 0. The highest BCUT2D eigenvalue weighted by Gasteiger charge is 2.48. The molecule has 1 aliphatic rings. The summed E-state index contributed by atoms with van der Waals surface area (Å²) in [6.07, 6.45) is 0.472. The van der Waals surface area contributed by atoms with Gasteiger partial charge in [0.2, 0.25) is 0 Å². The van der Waals surface area contributed by atoms with Gasteiger partial charge in [0.05, 0.1) is 5.39 Å². The molecule has 0 unspecified atom stereocenters. The molecule has 0 radical (unpaired) electrons. The largest absolute Gasteiger partial charge is 0.387 e. The number of aromatic nitrogens is 4. The molecule has 10 heteroatoms. The average molecular weight is 402 g/mol. The number of rotatable bonds is 3. The van der Waals surface area contributed by atoms with Crippen molar-refractivity contribution < 1.29 is 20.1 Å². The maximum absolute atomic E-state index is 10.6. The summed E-state index contributed by atoms with van der Waals surface area (Å²) in [7, 11) is 0. The van der Waals surface area contributed by atoms with E-state index >= 15 is 0 Å². The van der Waals surface area contributed by atoms with Gasteiger partial charge in [0, 0.05) is 5.02 Å². The van der Waals surface area contributed by atoms with E-state index in [0.717, 1.165) is 0 Å². The predicted octanol–water partition coefficient (Wildman–Crippen LogP) is 0.396. The van der Waals surface area contributed by atoms with Crippen LogP contribution in [0.15, 0.2) is 30.6 Å². The SMILES string of the molecule is C#Cc1nn([C@@H]2O[C@H]([C@H](O)c3ccc(Cl)cc3)[C@@H](O)[C@H]2O)c2ncnc(N)c12. The Morgan fingerprint density at radius 3 is 2.61 bits per heavy atom. The Hall–Kier alpha value is -2.74. The van der Waals surface area contributed by atoms with Crippen molar-refractivity contribution in [2.24, 2.45) is 0 Å². The van der Waals surface area contributed by atoms with Gasteiger partial charge in [0.25, 0.3) is 0 Å². The van der Waals surface area contributed by atoms with Gasteiger partial charge in [-0.1, -0.05) is 23.7 Å². The fourth-order valence-electron chi connectivity index (χ4n) is 3.27. The zero-order valence-electron chi connectivity index (χ0n) is 14.3. The van der Waals surface area contributed by atoms with Gasteiger partial charge in [0.15, 0.2) is 11.9 Å². The second-order valence-corrected chi connectivity index (χ2v) is 6.80. The third-order valence-corrected chi connectivity index (χ3v) is 4.95. The molecule has 0 aliphatic carbocycles. The average Bonchev–Trinajstić information content (AvgIpc) is 3.21. The van der Waals surface area contributed by atoms with Gasteiger partial charge in [0.1, 0.15) is 42.3 Å². The first kappa shape index (κ1) is 18.6. The first-order valence-electron chi connectivity index (χ1n) is 8.32. The second-order valence-electron chi connectivity index (χ2n) is 6.36. The van der Waals surface area contributed by atoms with Gasteiger partial charge in [-0.05, 0) is 23.6 Å². The number of nitrogens with two attached hydrogens (primary N) is 1. The molecule has 28 heavy (non-hydrogen) atoms. The number of fused-ring (bicyclic) bond motifs is 1. The van der Waals surface area contributed by atoms with Crippen LogP contribution in [-0.2, 0) is 4.74 Å². The number of aliphatic hydroxyl groups excluding tert-OH is 3. The molecule has 1 fully saturated rings. The molecule has 1 saturated heterocycles. The van der Waals surface area contributed by atoms with E-state index in [1.165, 1.54) is 11.0 Å². The minimum Gasteiger partial charge on any atom is -0.387 e. The summed E-state index contributed by atoms with van der Waals surface area (Å²) in [6, 6.07) is 6.43. The molecule has 2 aromatic heterocycles. The van der Waals surface area contributed by atoms with Crippen molar-refractivity contribution in [2.45, 2.75) is 30.6 Å². The summed E-state index contributed by atoms with van der Waals surface area (Å²) in [4.78, 5) is 8.01. The van der Waals surface area contributed by atoms with Crippen molar-refractivity contribution in [1.82, 2.24) is 19.7 Å². The Labute approximate surface area is 164 Å². The molecule has 5 atom stereocenters. The third kappa shape index (κ3) is 2.88. The standard InChI is InChI=1S/C18H16ClN5O4/c1-2-10-11-16(20)21-7-22-17(11)24(23-10)18-14(27)13(26)15(28-18)12(25)8-3-5-9(19)6-4-8/h1,3-7,12-15,18,25-27H,(H2,20,21,22)/t12-,13+,14-,15-,18-/m1/s1. The highest BCUT2D eigenvalue weighted by atomic mass is 35.5. The molecule has 5 N–H and O–H groups in total. The van der Waals surface area contributed by atoms with E-state index in [9.17, 15) is 15.3 Å². The van der Waals surface area contributed by atoms with Crippen LogP contribution in [0.4, 0.5) is 5.82 Å². The van der Waals surface area contributed by atoms with Gasteiger partial charge < -0.3 is 25.8 Å². The molecule has 144 valence electrons. The van der Waals surface area contributed by atoms with Gasteiger partial charge in [-0.25, -0.2) is 14.6 Å². The summed E-state index contributed by atoms with van der Waals surface area (Å²) >= 11 is 5.86. The van der Waals surface area contributed by atoms with Gasteiger partial charge >= 0.3 is 0 Å². The first-order chi connectivity index (χ1) is 13.4. The highest BCUT2D eigenvalue weighted by Crippen LogP contribution is 2.37. The van der Waals surface area contributed by atoms with E-state index in [4.69, 9.17) is 28.5 Å². The molecule has 3 aromatic rings. The van der Waals surface area contributed by atoms with Crippen LogP contribution < -0.4 is 5.73 Å². The molecule has 3 heterocycles. The molecule has 1 aromatic carbocycles. The molecule has 4 rings (SSSR count). The van der Waals surface area contributed by atoms with Crippen LogP contribution in [0.3, 0.4) is 0 Å². The number of aliphatic hydroxyl groups is 3. The predicted molar refractivity (Wildman–Crippen MR) is 100 cm³/mol.